The highest BCUT2D eigenvalue weighted by Crippen LogP contribution is 2.17. The fraction of sp³-hybridized carbons (Fsp3) is 0.656. The number of carboxylic acid groups (broad SMARTS) is 1. The molecule has 0 aliphatic rings. The third kappa shape index (κ3) is 20.6. The number of rotatable bonds is 24. The maximum atomic E-state index is 11.2. The molecule has 1 aromatic rings. The lowest BCUT2D eigenvalue weighted by Crippen LogP contribution is -2.17. The van der Waals surface area contributed by atoms with E-state index < -0.39 is 5.97 Å². The summed E-state index contributed by atoms with van der Waals surface area (Å²) in [4.78, 5) is 11.2. The molecule has 0 saturated carbocycles. The lowest BCUT2D eigenvalue weighted by Gasteiger charge is -2.16. The molecule has 1 aromatic carbocycles. The number of unbranched alkanes of at least 4 members (excludes halogenated alkanes) is 10. The molecular formula is C32H52O5. The molecule has 0 heterocycles. The summed E-state index contributed by atoms with van der Waals surface area (Å²) in [5.74, 6) is 0.00494. The molecule has 0 fully saturated rings. The van der Waals surface area contributed by atoms with Gasteiger partial charge in [-0.1, -0.05) is 81.4 Å². The van der Waals surface area contributed by atoms with Crippen LogP contribution >= 0.6 is 0 Å². The topological polar surface area (TPSA) is 76.0 Å². The Morgan fingerprint density at radius 1 is 0.784 bits per heavy atom. The number of aliphatic hydroxyl groups excluding tert-OH is 1. The molecule has 0 aliphatic heterocycles. The molecule has 210 valence electrons. The summed E-state index contributed by atoms with van der Waals surface area (Å²) < 4.78 is 11.1. The molecular weight excluding hydrogens is 464 g/mol. The Balaban J connectivity index is 1.97. The van der Waals surface area contributed by atoms with Gasteiger partial charge in [0.25, 0.3) is 0 Å². The molecule has 5 heteroatoms. The quantitative estimate of drug-likeness (QED) is 0.107. The van der Waals surface area contributed by atoms with E-state index in [-0.39, 0.29) is 18.6 Å². The zero-order valence-electron chi connectivity index (χ0n) is 23.4. The molecule has 2 atom stereocenters. The van der Waals surface area contributed by atoms with Crippen LogP contribution in [0.5, 0.6) is 5.75 Å². The number of hydrogen-bond donors (Lipinski definition) is 2. The van der Waals surface area contributed by atoms with Crippen LogP contribution in [0.4, 0.5) is 0 Å². The summed E-state index contributed by atoms with van der Waals surface area (Å²) in [6, 6.07) is 7.70. The SMILES string of the molecule is COc1ccc(CO[C@@H](CCCCCCCCCC/C=C/CC/C=C/CCC[C@H](C)O)CC(=O)O)cc1. The van der Waals surface area contributed by atoms with E-state index in [1.807, 2.05) is 31.2 Å². The summed E-state index contributed by atoms with van der Waals surface area (Å²) in [5.41, 5.74) is 1.03. The Hall–Kier alpha value is -2.11. The van der Waals surface area contributed by atoms with Gasteiger partial charge in [-0.05, 0) is 76.0 Å². The van der Waals surface area contributed by atoms with Crippen molar-refractivity contribution in [3.63, 3.8) is 0 Å². The van der Waals surface area contributed by atoms with Crippen molar-refractivity contribution in [1.82, 2.24) is 0 Å². The fourth-order valence-corrected chi connectivity index (χ4v) is 4.26. The highest BCUT2D eigenvalue weighted by atomic mass is 16.5. The lowest BCUT2D eigenvalue weighted by atomic mass is 10.0. The molecule has 0 aromatic heterocycles. The number of aliphatic carboxylic acids is 1. The molecule has 5 nitrogen and oxygen atoms in total. The minimum Gasteiger partial charge on any atom is -0.497 e. The predicted octanol–water partition coefficient (Wildman–Crippen LogP) is 8.40. The maximum Gasteiger partial charge on any atom is 0.305 e. The van der Waals surface area contributed by atoms with E-state index in [2.05, 4.69) is 24.3 Å². The van der Waals surface area contributed by atoms with Gasteiger partial charge in [0.1, 0.15) is 5.75 Å². The molecule has 0 saturated heterocycles. The van der Waals surface area contributed by atoms with Crippen molar-refractivity contribution in [2.45, 2.75) is 128 Å². The first-order valence-corrected chi connectivity index (χ1v) is 14.5. The van der Waals surface area contributed by atoms with Gasteiger partial charge in [0.05, 0.1) is 32.3 Å². The number of allylic oxidation sites excluding steroid dienone is 4. The summed E-state index contributed by atoms with van der Waals surface area (Å²) in [5, 5.41) is 18.4. The molecule has 0 spiro atoms. The Morgan fingerprint density at radius 3 is 1.89 bits per heavy atom. The van der Waals surface area contributed by atoms with E-state index in [0.717, 1.165) is 62.7 Å². The summed E-state index contributed by atoms with van der Waals surface area (Å²) >= 11 is 0. The van der Waals surface area contributed by atoms with Gasteiger partial charge < -0.3 is 19.7 Å². The monoisotopic (exact) mass is 516 g/mol. The van der Waals surface area contributed by atoms with Gasteiger partial charge in [-0.2, -0.15) is 0 Å². The van der Waals surface area contributed by atoms with E-state index in [1.165, 1.54) is 44.9 Å². The van der Waals surface area contributed by atoms with Crippen LogP contribution in [-0.4, -0.2) is 35.5 Å². The average molecular weight is 517 g/mol. The summed E-state index contributed by atoms with van der Waals surface area (Å²) in [6.45, 7) is 2.28. The predicted molar refractivity (Wildman–Crippen MR) is 153 cm³/mol. The van der Waals surface area contributed by atoms with Crippen molar-refractivity contribution in [2.75, 3.05) is 7.11 Å². The number of methoxy groups -OCH3 is 1. The molecule has 37 heavy (non-hydrogen) atoms. The number of aliphatic hydroxyl groups is 1. The van der Waals surface area contributed by atoms with E-state index in [0.29, 0.717) is 6.61 Å². The van der Waals surface area contributed by atoms with Gasteiger partial charge in [-0.25, -0.2) is 0 Å². The van der Waals surface area contributed by atoms with Crippen LogP contribution in [0, 0.1) is 0 Å². The largest absolute Gasteiger partial charge is 0.497 e. The van der Waals surface area contributed by atoms with Crippen LogP contribution in [0.2, 0.25) is 0 Å². The molecule has 0 amide bonds. The highest BCUT2D eigenvalue weighted by Gasteiger charge is 2.14. The minimum atomic E-state index is -0.800. The molecule has 2 N–H and O–H groups in total. The third-order valence-corrected chi connectivity index (χ3v) is 6.52. The second-order valence-corrected chi connectivity index (χ2v) is 10.1. The first kappa shape index (κ1) is 32.9. The first-order valence-electron chi connectivity index (χ1n) is 14.5. The second-order valence-electron chi connectivity index (χ2n) is 10.1. The average Bonchev–Trinajstić information content (AvgIpc) is 2.88. The molecule has 0 radical (unpaired) electrons. The van der Waals surface area contributed by atoms with Crippen molar-refractivity contribution in [3.8, 4) is 5.75 Å². The lowest BCUT2D eigenvalue weighted by molar-refractivity contribution is -0.140. The van der Waals surface area contributed by atoms with Crippen LogP contribution < -0.4 is 4.74 Å². The number of hydrogen-bond acceptors (Lipinski definition) is 4. The van der Waals surface area contributed by atoms with Crippen LogP contribution in [0.3, 0.4) is 0 Å². The standard InChI is InChI=1S/C32H52O5/c1-28(33)20-18-16-14-12-10-8-6-4-3-5-7-9-11-13-15-17-19-21-31(26-32(34)35)37-27-29-22-24-30(36-2)25-23-29/h4,6,12,14,22-25,28,31,33H,3,5,7-11,13,15-21,26-27H2,1-2H3,(H,34,35)/b6-4+,14-12+/t28-,31-/m0/s1. The van der Waals surface area contributed by atoms with Crippen LogP contribution in [-0.2, 0) is 16.1 Å². The molecule has 0 unspecified atom stereocenters. The van der Waals surface area contributed by atoms with Gasteiger partial charge >= 0.3 is 5.97 Å². The number of ether oxygens (including phenoxy) is 2. The van der Waals surface area contributed by atoms with E-state index in [4.69, 9.17) is 9.47 Å². The van der Waals surface area contributed by atoms with Crippen LogP contribution in [0.25, 0.3) is 0 Å². The zero-order valence-corrected chi connectivity index (χ0v) is 23.4. The van der Waals surface area contributed by atoms with Crippen molar-refractivity contribution >= 4 is 5.97 Å². The van der Waals surface area contributed by atoms with Crippen molar-refractivity contribution in [3.05, 3.63) is 54.1 Å². The first-order chi connectivity index (χ1) is 18.0. The van der Waals surface area contributed by atoms with Gasteiger partial charge in [-0.3, -0.25) is 4.79 Å². The van der Waals surface area contributed by atoms with Crippen molar-refractivity contribution in [1.29, 1.82) is 0 Å². The minimum absolute atomic E-state index is 0.0616. The third-order valence-electron chi connectivity index (χ3n) is 6.52. The molecule has 1 rings (SSSR count). The van der Waals surface area contributed by atoms with Gasteiger partial charge in [0.15, 0.2) is 0 Å². The zero-order chi connectivity index (χ0) is 27.0. The van der Waals surface area contributed by atoms with Crippen molar-refractivity contribution in [2.24, 2.45) is 0 Å². The number of benzene rings is 1. The smallest absolute Gasteiger partial charge is 0.305 e. The van der Waals surface area contributed by atoms with E-state index in [9.17, 15) is 15.0 Å². The number of carbonyl (C=O) groups is 1. The second kappa shape index (κ2) is 23.0. The van der Waals surface area contributed by atoms with Crippen LogP contribution in [0.15, 0.2) is 48.6 Å². The number of carboxylic acids is 1. The Labute approximate surface area is 226 Å². The van der Waals surface area contributed by atoms with E-state index in [1.54, 1.807) is 7.11 Å². The Bertz CT molecular complexity index is 723. The van der Waals surface area contributed by atoms with Gasteiger partial charge in [0.2, 0.25) is 0 Å². The highest BCUT2D eigenvalue weighted by molar-refractivity contribution is 5.67. The van der Waals surface area contributed by atoms with E-state index >= 15 is 0 Å². The van der Waals surface area contributed by atoms with Gasteiger partial charge in [-0.15, -0.1) is 0 Å². The molecule has 0 aliphatic carbocycles. The summed E-state index contributed by atoms with van der Waals surface area (Å²) in [6.07, 6.45) is 25.8. The normalized spacial score (nSPS) is 13.4. The fourth-order valence-electron chi connectivity index (χ4n) is 4.26. The maximum absolute atomic E-state index is 11.2. The van der Waals surface area contributed by atoms with Crippen LogP contribution in [0.1, 0.15) is 115 Å². The van der Waals surface area contributed by atoms with Gasteiger partial charge in [0, 0.05) is 0 Å². The molecule has 0 bridgehead atoms. The van der Waals surface area contributed by atoms with Crippen molar-refractivity contribution < 1.29 is 24.5 Å². The summed E-state index contributed by atoms with van der Waals surface area (Å²) in [7, 11) is 1.64. The Morgan fingerprint density at radius 2 is 1.32 bits per heavy atom. The Kier molecular flexibility index (Phi) is 20.5.